The maximum absolute atomic E-state index is 9.33. The van der Waals surface area contributed by atoms with Gasteiger partial charge >= 0.3 is 0 Å². The summed E-state index contributed by atoms with van der Waals surface area (Å²) >= 11 is 0. The zero-order valence-electron chi connectivity index (χ0n) is 8.65. The average molecular weight is 166 g/mol. The third-order valence-electron chi connectivity index (χ3n) is 3.66. The van der Waals surface area contributed by atoms with Crippen LogP contribution >= 0.6 is 0 Å². The zero-order valence-corrected chi connectivity index (χ0v) is 8.65. The number of allylic oxidation sites excluding steroid dienone is 2. The van der Waals surface area contributed by atoms with Gasteiger partial charge in [-0.1, -0.05) is 11.1 Å². The molecule has 0 fully saturated rings. The standard InChI is InChI=1S/C11H18O/c1-7-8(2)10(4)11(5,6-12)9(7)3/h12H,6H2,1-5H3. The molecule has 1 aliphatic rings. The number of hydrogen-bond donors (Lipinski definition) is 1. The van der Waals surface area contributed by atoms with Gasteiger partial charge in [0.1, 0.15) is 0 Å². The Morgan fingerprint density at radius 2 is 1.33 bits per heavy atom. The summed E-state index contributed by atoms with van der Waals surface area (Å²) in [4.78, 5) is 0. The molecule has 0 amide bonds. The Bertz CT molecular complexity index is 245. The van der Waals surface area contributed by atoms with Gasteiger partial charge in [0, 0.05) is 5.41 Å². The highest BCUT2D eigenvalue weighted by Crippen LogP contribution is 2.45. The van der Waals surface area contributed by atoms with Crippen LogP contribution in [0.1, 0.15) is 34.6 Å². The molecule has 0 radical (unpaired) electrons. The molecule has 1 nitrogen and oxygen atoms in total. The van der Waals surface area contributed by atoms with Gasteiger partial charge in [-0.05, 0) is 45.8 Å². The van der Waals surface area contributed by atoms with Crippen molar-refractivity contribution in [2.45, 2.75) is 34.6 Å². The molecular weight excluding hydrogens is 148 g/mol. The summed E-state index contributed by atoms with van der Waals surface area (Å²) in [5, 5.41) is 9.33. The van der Waals surface area contributed by atoms with E-state index in [9.17, 15) is 5.11 Å². The van der Waals surface area contributed by atoms with Crippen molar-refractivity contribution >= 4 is 0 Å². The first-order chi connectivity index (χ1) is 5.45. The smallest absolute Gasteiger partial charge is 0.0559 e. The highest BCUT2D eigenvalue weighted by atomic mass is 16.3. The molecule has 0 bridgehead atoms. The van der Waals surface area contributed by atoms with Crippen LogP contribution in [0.4, 0.5) is 0 Å². The van der Waals surface area contributed by atoms with E-state index >= 15 is 0 Å². The van der Waals surface area contributed by atoms with Gasteiger partial charge in [-0.2, -0.15) is 0 Å². The molecule has 0 saturated heterocycles. The third kappa shape index (κ3) is 0.962. The Morgan fingerprint density at radius 3 is 1.50 bits per heavy atom. The SMILES string of the molecule is CC1=C(C)C(C)(CO)C(C)=C1C. The van der Waals surface area contributed by atoms with E-state index in [4.69, 9.17) is 0 Å². The summed E-state index contributed by atoms with van der Waals surface area (Å²) in [6.07, 6.45) is 0. The topological polar surface area (TPSA) is 20.2 Å². The van der Waals surface area contributed by atoms with Crippen LogP contribution in [0.25, 0.3) is 0 Å². The van der Waals surface area contributed by atoms with Gasteiger partial charge < -0.3 is 5.11 Å². The zero-order chi connectivity index (χ0) is 9.52. The van der Waals surface area contributed by atoms with E-state index in [1.54, 1.807) is 0 Å². The number of aliphatic hydroxyl groups excluding tert-OH is 1. The van der Waals surface area contributed by atoms with Crippen LogP contribution in [0, 0.1) is 5.41 Å². The third-order valence-corrected chi connectivity index (χ3v) is 3.66. The second kappa shape index (κ2) is 2.74. The van der Waals surface area contributed by atoms with Crippen molar-refractivity contribution in [3.63, 3.8) is 0 Å². The highest BCUT2D eigenvalue weighted by molar-refractivity contribution is 5.49. The summed E-state index contributed by atoms with van der Waals surface area (Å²) in [5.74, 6) is 0. The van der Waals surface area contributed by atoms with Crippen molar-refractivity contribution in [3.05, 3.63) is 22.3 Å². The minimum Gasteiger partial charge on any atom is -0.395 e. The lowest BCUT2D eigenvalue weighted by Gasteiger charge is -2.26. The van der Waals surface area contributed by atoms with E-state index in [1.165, 1.54) is 22.3 Å². The van der Waals surface area contributed by atoms with Gasteiger partial charge in [0.05, 0.1) is 6.61 Å². The molecule has 0 aromatic heterocycles. The largest absolute Gasteiger partial charge is 0.395 e. The summed E-state index contributed by atoms with van der Waals surface area (Å²) in [6.45, 7) is 10.8. The summed E-state index contributed by atoms with van der Waals surface area (Å²) in [5.41, 5.74) is 5.25. The van der Waals surface area contributed by atoms with E-state index in [0.29, 0.717) is 0 Å². The first kappa shape index (κ1) is 9.53. The van der Waals surface area contributed by atoms with Crippen LogP contribution in [-0.4, -0.2) is 11.7 Å². The summed E-state index contributed by atoms with van der Waals surface area (Å²) < 4.78 is 0. The van der Waals surface area contributed by atoms with Gasteiger partial charge in [0.25, 0.3) is 0 Å². The van der Waals surface area contributed by atoms with Gasteiger partial charge in [0.2, 0.25) is 0 Å². The minimum atomic E-state index is -0.0891. The Labute approximate surface area is 74.8 Å². The predicted molar refractivity (Wildman–Crippen MR) is 51.9 cm³/mol. The molecule has 1 heteroatoms. The second-order valence-electron chi connectivity index (χ2n) is 3.99. The first-order valence-corrected chi connectivity index (χ1v) is 4.42. The molecule has 0 aromatic carbocycles. The average Bonchev–Trinajstić information content (AvgIpc) is 2.22. The molecular formula is C11H18O. The fraction of sp³-hybridized carbons (Fsp3) is 0.636. The fourth-order valence-corrected chi connectivity index (χ4v) is 1.91. The first-order valence-electron chi connectivity index (χ1n) is 4.42. The van der Waals surface area contributed by atoms with Crippen LogP contribution in [-0.2, 0) is 0 Å². The number of hydrogen-bond acceptors (Lipinski definition) is 1. The summed E-state index contributed by atoms with van der Waals surface area (Å²) in [6, 6.07) is 0. The van der Waals surface area contributed by atoms with Crippen molar-refractivity contribution < 1.29 is 5.11 Å². The van der Waals surface area contributed by atoms with E-state index in [-0.39, 0.29) is 12.0 Å². The molecule has 1 rings (SSSR count). The highest BCUT2D eigenvalue weighted by Gasteiger charge is 2.35. The molecule has 0 aliphatic heterocycles. The Morgan fingerprint density at radius 1 is 1.00 bits per heavy atom. The van der Waals surface area contributed by atoms with Gasteiger partial charge in [-0.3, -0.25) is 0 Å². The van der Waals surface area contributed by atoms with Crippen LogP contribution in [0.5, 0.6) is 0 Å². The van der Waals surface area contributed by atoms with E-state index in [1.807, 2.05) is 0 Å². The summed E-state index contributed by atoms with van der Waals surface area (Å²) in [7, 11) is 0. The molecule has 0 saturated carbocycles. The number of rotatable bonds is 1. The molecule has 12 heavy (non-hydrogen) atoms. The monoisotopic (exact) mass is 166 g/mol. The molecule has 0 heterocycles. The maximum Gasteiger partial charge on any atom is 0.0559 e. The molecule has 0 unspecified atom stereocenters. The van der Waals surface area contributed by atoms with Crippen LogP contribution in [0.2, 0.25) is 0 Å². The van der Waals surface area contributed by atoms with Crippen LogP contribution in [0.15, 0.2) is 22.3 Å². The van der Waals surface area contributed by atoms with Gasteiger partial charge in [-0.25, -0.2) is 0 Å². The molecule has 1 N–H and O–H groups in total. The van der Waals surface area contributed by atoms with Crippen molar-refractivity contribution in [2.75, 3.05) is 6.61 Å². The molecule has 0 aromatic rings. The predicted octanol–water partition coefficient (Wildman–Crippen LogP) is 2.67. The number of aliphatic hydroxyl groups is 1. The lowest BCUT2D eigenvalue weighted by atomic mass is 9.80. The minimum absolute atomic E-state index is 0.0891. The Hall–Kier alpha value is -0.560. The lowest BCUT2D eigenvalue weighted by Crippen LogP contribution is -2.22. The normalized spacial score (nSPS) is 22.5. The van der Waals surface area contributed by atoms with Gasteiger partial charge in [0.15, 0.2) is 0 Å². The van der Waals surface area contributed by atoms with Crippen molar-refractivity contribution in [1.29, 1.82) is 0 Å². The quantitative estimate of drug-likeness (QED) is 0.635. The molecule has 0 atom stereocenters. The van der Waals surface area contributed by atoms with Crippen molar-refractivity contribution in [3.8, 4) is 0 Å². The van der Waals surface area contributed by atoms with Crippen molar-refractivity contribution in [1.82, 2.24) is 0 Å². The van der Waals surface area contributed by atoms with Crippen molar-refractivity contribution in [2.24, 2.45) is 5.41 Å². The van der Waals surface area contributed by atoms with E-state index < -0.39 is 0 Å². The Kier molecular flexibility index (Phi) is 2.17. The fourth-order valence-electron chi connectivity index (χ4n) is 1.91. The van der Waals surface area contributed by atoms with Crippen LogP contribution < -0.4 is 0 Å². The van der Waals surface area contributed by atoms with E-state index in [0.717, 1.165) is 0 Å². The van der Waals surface area contributed by atoms with Crippen LogP contribution in [0.3, 0.4) is 0 Å². The Balaban J connectivity index is 3.25. The molecule has 68 valence electrons. The van der Waals surface area contributed by atoms with E-state index in [2.05, 4.69) is 34.6 Å². The molecule has 0 spiro atoms. The van der Waals surface area contributed by atoms with Gasteiger partial charge in [-0.15, -0.1) is 0 Å². The molecule has 1 aliphatic carbocycles. The maximum atomic E-state index is 9.33. The lowest BCUT2D eigenvalue weighted by molar-refractivity contribution is 0.204. The second-order valence-corrected chi connectivity index (χ2v) is 3.99.